The van der Waals surface area contributed by atoms with Crippen LogP contribution in [0.25, 0.3) is 0 Å². The molecule has 0 fully saturated rings. The van der Waals surface area contributed by atoms with Crippen molar-refractivity contribution in [1.29, 1.82) is 0 Å². The Morgan fingerprint density at radius 2 is 1.81 bits per heavy atom. The molecule has 1 aliphatic heterocycles. The van der Waals surface area contributed by atoms with Gasteiger partial charge in [-0.15, -0.1) is 0 Å². The van der Waals surface area contributed by atoms with Crippen molar-refractivity contribution in [2.24, 2.45) is 0 Å². The number of carbonyl (C=O) groups excluding carboxylic acids is 1. The molecule has 5 heteroatoms. The monoisotopic (exact) mass is 418 g/mol. The lowest BCUT2D eigenvalue weighted by molar-refractivity contribution is 0.0480. The van der Waals surface area contributed by atoms with Crippen molar-refractivity contribution in [3.05, 3.63) is 83.8 Å². The smallest absolute Gasteiger partial charge is 0.258 e. The van der Waals surface area contributed by atoms with Crippen molar-refractivity contribution in [3.8, 4) is 5.75 Å². The molecule has 3 aromatic rings. The van der Waals surface area contributed by atoms with Gasteiger partial charge in [0, 0.05) is 11.3 Å². The number of unbranched alkanes of at least 4 members (excludes halogenated alkanes) is 3. The number of anilines is 1. The first-order chi connectivity index (χ1) is 15.1. The minimum atomic E-state index is -0.793. The fourth-order valence-electron chi connectivity index (χ4n) is 4.16. The maximum Gasteiger partial charge on any atom is 0.258 e. The molecular formula is C26H30N2O3. The summed E-state index contributed by atoms with van der Waals surface area (Å²) < 4.78 is 11.8. The van der Waals surface area contributed by atoms with Crippen LogP contribution in [-0.4, -0.2) is 17.4 Å². The lowest BCUT2D eigenvalue weighted by Gasteiger charge is -2.46. The first-order valence-corrected chi connectivity index (χ1v) is 11.1. The zero-order valence-electron chi connectivity index (χ0n) is 18.3. The van der Waals surface area contributed by atoms with Gasteiger partial charge < -0.3 is 19.4 Å². The van der Waals surface area contributed by atoms with E-state index in [9.17, 15) is 4.79 Å². The normalized spacial score (nSPS) is 17.9. The molecule has 1 aromatic heterocycles. The van der Waals surface area contributed by atoms with Crippen molar-refractivity contribution in [2.45, 2.75) is 51.7 Å². The van der Waals surface area contributed by atoms with Gasteiger partial charge in [0.1, 0.15) is 17.2 Å². The van der Waals surface area contributed by atoms with E-state index in [0.717, 1.165) is 35.6 Å². The molecule has 1 atom stereocenters. The number of nitrogens with zero attached hydrogens (tertiary/aromatic N) is 1. The highest BCUT2D eigenvalue weighted by Gasteiger charge is 2.44. The lowest BCUT2D eigenvalue weighted by Crippen LogP contribution is -2.55. The third-order valence-corrected chi connectivity index (χ3v) is 5.88. The van der Waals surface area contributed by atoms with Gasteiger partial charge in [-0.05, 0) is 43.7 Å². The number of para-hydroxylation sites is 2. The number of nitrogens with one attached hydrogen (secondary N) is 1. The molecule has 0 radical (unpaired) electrons. The number of fused-ring (bicyclic) bond motifs is 1. The second-order valence-electron chi connectivity index (χ2n) is 8.12. The van der Waals surface area contributed by atoms with E-state index in [2.05, 4.69) is 12.2 Å². The number of ether oxygens (including phenoxy) is 1. The Hall–Kier alpha value is -3.21. The molecule has 5 nitrogen and oxygen atoms in total. The molecule has 0 spiro atoms. The van der Waals surface area contributed by atoms with Crippen LogP contribution in [0.5, 0.6) is 5.75 Å². The van der Waals surface area contributed by atoms with Gasteiger partial charge in [-0.3, -0.25) is 4.79 Å². The van der Waals surface area contributed by atoms with Crippen LogP contribution in [-0.2, 0) is 12.2 Å². The molecule has 0 saturated heterocycles. The number of rotatable bonds is 9. The highest BCUT2D eigenvalue weighted by atomic mass is 16.5. The Balaban J connectivity index is 1.69. The highest BCUT2D eigenvalue weighted by molar-refractivity contribution is 6.02. The molecule has 162 valence electrons. The minimum absolute atomic E-state index is 0.0361. The van der Waals surface area contributed by atoms with E-state index in [1.54, 1.807) is 6.26 Å². The Labute approximate surface area is 184 Å². The fourth-order valence-corrected chi connectivity index (χ4v) is 4.16. The van der Waals surface area contributed by atoms with Crippen LogP contribution in [0.3, 0.4) is 0 Å². The number of furan rings is 1. The standard InChI is InChI=1S/C26H30N2O3/c1-3-4-5-10-17-31-24-16-9-7-14-22(24)26(2)27-23-15-8-6-13-21(23)25(29)28(26)19-20-12-11-18-30-20/h6-9,11-16,18,27H,3-5,10,17,19H2,1-2H3. The maximum atomic E-state index is 13.6. The van der Waals surface area contributed by atoms with E-state index < -0.39 is 5.66 Å². The quantitative estimate of drug-likeness (QED) is 0.422. The molecule has 1 aliphatic rings. The van der Waals surface area contributed by atoms with Gasteiger partial charge in [0.05, 0.1) is 25.0 Å². The Morgan fingerprint density at radius 3 is 2.61 bits per heavy atom. The van der Waals surface area contributed by atoms with Gasteiger partial charge in [0.2, 0.25) is 0 Å². The van der Waals surface area contributed by atoms with Crippen LogP contribution in [0.15, 0.2) is 71.3 Å². The first kappa shape index (κ1) is 21.0. The molecule has 0 aliphatic carbocycles. The summed E-state index contributed by atoms with van der Waals surface area (Å²) in [7, 11) is 0. The van der Waals surface area contributed by atoms with Gasteiger partial charge in [-0.25, -0.2) is 0 Å². The number of hydrogen-bond acceptors (Lipinski definition) is 4. The van der Waals surface area contributed by atoms with Crippen LogP contribution >= 0.6 is 0 Å². The van der Waals surface area contributed by atoms with E-state index in [1.165, 1.54) is 12.8 Å². The second kappa shape index (κ2) is 9.29. The van der Waals surface area contributed by atoms with Crippen LogP contribution < -0.4 is 10.1 Å². The number of carbonyl (C=O) groups is 1. The number of hydrogen-bond donors (Lipinski definition) is 1. The maximum absolute atomic E-state index is 13.6. The summed E-state index contributed by atoms with van der Waals surface area (Å²) in [6.07, 6.45) is 6.22. The minimum Gasteiger partial charge on any atom is -0.493 e. The SMILES string of the molecule is CCCCCCOc1ccccc1C1(C)Nc2ccccc2C(=O)N1Cc1ccco1. The van der Waals surface area contributed by atoms with E-state index in [-0.39, 0.29) is 5.91 Å². The predicted molar refractivity (Wildman–Crippen MR) is 122 cm³/mol. The van der Waals surface area contributed by atoms with E-state index in [4.69, 9.17) is 9.15 Å². The van der Waals surface area contributed by atoms with Crippen LogP contribution in [0.1, 0.15) is 61.2 Å². The van der Waals surface area contributed by atoms with E-state index in [1.807, 2.05) is 72.5 Å². The lowest BCUT2D eigenvalue weighted by atomic mass is 9.92. The average molecular weight is 419 g/mol. The van der Waals surface area contributed by atoms with Gasteiger partial charge in [0.25, 0.3) is 5.91 Å². The second-order valence-corrected chi connectivity index (χ2v) is 8.12. The largest absolute Gasteiger partial charge is 0.493 e. The summed E-state index contributed by atoms with van der Waals surface area (Å²) in [5.74, 6) is 1.50. The van der Waals surface area contributed by atoms with Gasteiger partial charge in [-0.2, -0.15) is 0 Å². The van der Waals surface area contributed by atoms with Crippen molar-refractivity contribution >= 4 is 11.6 Å². The summed E-state index contributed by atoms with van der Waals surface area (Å²) in [5.41, 5.74) is 1.62. The molecule has 0 saturated carbocycles. The summed E-state index contributed by atoms with van der Waals surface area (Å²) in [5, 5.41) is 3.62. The summed E-state index contributed by atoms with van der Waals surface area (Å²) in [6.45, 7) is 5.25. The molecule has 2 heterocycles. The zero-order valence-corrected chi connectivity index (χ0v) is 18.3. The van der Waals surface area contributed by atoms with Crippen molar-refractivity contribution in [3.63, 3.8) is 0 Å². The van der Waals surface area contributed by atoms with Gasteiger partial charge >= 0.3 is 0 Å². The molecule has 1 amide bonds. The first-order valence-electron chi connectivity index (χ1n) is 11.1. The average Bonchev–Trinajstić information content (AvgIpc) is 3.30. The molecule has 0 bridgehead atoms. The Bertz CT molecular complexity index is 1020. The van der Waals surface area contributed by atoms with Crippen LogP contribution in [0.2, 0.25) is 0 Å². The highest BCUT2D eigenvalue weighted by Crippen LogP contribution is 2.42. The molecule has 1 unspecified atom stereocenters. The number of amides is 1. The van der Waals surface area contributed by atoms with Crippen molar-refractivity contribution < 1.29 is 13.9 Å². The molecule has 2 aromatic carbocycles. The van der Waals surface area contributed by atoms with Crippen LogP contribution in [0.4, 0.5) is 5.69 Å². The molecule has 4 rings (SSSR count). The van der Waals surface area contributed by atoms with E-state index >= 15 is 0 Å². The molecule has 1 N–H and O–H groups in total. The zero-order chi connectivity index (χ0) is 21.7. The molecular weight excluding hydrogens is 388 g/mol. The fraction of sp³-hybridized carbons (Fsp3) is 0.346. The van der Waals surface area contributed by atoms with Crippen molar-refractivity contribution in [2.75, 3.05) is 11.9 Å². The predicted octanol–water partition coefficient (Wildman–Crippen LogP) is 6.18. The Morgan fingerprint density at radius 1 is 1.00 bits per heavy atom. The topological polar surface area (TPSA) is 54.7 Å². The van der Waals surface area contributed by atoms with Crippen molar-refractivity contribution in [1.82, 2.24) is 4.90 Å². The van der Waals surface area contributed by atoms with Gasteiger partial charge in [0.15, 0.2) is 0 Å². The van der Waals surface area contributed by atoms with E-state index in [0.29, 0.717) is 18.7 Å². The summed E-state index contributed by atoms with van der Waals surface area (Å²) >= 11 is 0. The Kier molecular flexibility index (Phi) is 6.31. The summed E-state index contributed by atoms with van der Waals surface area (Å²) in [6, 6.07) is 19.4. The molecule has 31 heavy (non-hydrogen) atoms. The number of benzene rings is 2. The summed E-state index contributed by atoms with van der Waals surface area (Å²) in [4.78, 5) is 15.4. The third-order valence-electron chi connectivity index (χ3n) is 5.88. The van der Waals surface area contributed by atoms with Crippen LogP contribution in [0, 0.1) is 0 Å². The van der Waals surface area contributed by atoms with Gasteiger partial charge in [-0.1, -0.05) is 56.5 Å². The third kappa shape index (κ3) is 4.31.